The molecule has 0 saturated heterocycles. The van der Waals surface area contributed by atoms with E-state index in [2.05, 4.69) is 25.4 Å². The van der Waals surface area contributed by atoms with Gasteiger partial charge in [-0.3, -0.25) is 10.3 Å². The normalized spacial score (nSPS) is 13.1. The maximum absolute atomic E-state index is 12.9. The van der Waals surface area contributed by atoms with Crippen LogP contribution in [0.5, 0.6) is 0 Å². The van der Waals surface area contributed by atoms with Gasteiger partial charge in [0.1, 0.15) is 4.90 Å². The lowest BCUT2D eigenvalue weighted by atomic mass is 10.2. The largest absolute Gasteiger partial charge is 0.480 e. The van der Waals surface area contributed by atoms with E-state index < -0.39 is 33.0 Å². The highest BCUT2D eigenvalue weighted by molar-refractivity contribution is 7.90. The Labute approximate surface area is 183 Å². The standard InChI is InChI=1S/C17H22N6O8S/c1-10-8-14(29-3)19-23(18-10)20-16(25)21-32(27,28)13-9-11(22(2)17(26)31-5)6-7-12(13)15(24)30-4/h6-9,18H,1-5H3,(H2,20,21,25). The summed E-state index contributed by atoms with van der Waals surface area (Å²) in [6, 6.07) is 2.28. The van der Waals surface area contributed by atoms with Crippen LogP contribution in [0.15, 0.2) is 40.0 Å². The van der Waals surface area contributed by atoms with Crippen LogP contribution >= 0.6 is 0 Å². The van der Waals surface area contributed by atoms with Crippen molar-refractivity contribution in [3.63, 3.8) is 0 Å². The first kappa shape index (κ1) is 24.3. The Morgan fingerprint density at radius 1 is 1.16 bits per heavy atom. The number of nitrogens with one attached hydrogen (secondary N) is 3. The minimum atomic E-state index is -4.61. The molecule has 1 aromatic carbocycles. The van der Waals surface area contributed by atoms with Crippen LogP contribution < -0.4 is 20.5 Å². The van der Waals surface area contributed by atoms with Crippen LogP contribution in [0.1, 0.15) is 17.3 Å². The summed E-state index contributed by atoms with van der Waals surface area (Å²) in [5.41, 5.74) is 5.07. The molecule has 0 unspecified atom stereocenters. The fraction of sp³-hybridized carbons (Fsp3) is 0.294. The molecule has 0 spiro atoms. The van der Waals surface area contributed by atoms with Gasteiger partial charge in [-0.25, -0.2) is 32.9 Å². The minimum absolute atomic E-state index is 0.0816. The first-order chi connectivity index (χ1) is 15.0. The van der Waals surface area contributed by atoms with Crippen LogP contribution in [0, 0.1) is 0 Å². The van der Waals surface area contributed by atoms with Gasteiger partial charge in [-0.15, -0.1) is 5.23 Å². The average molecular weight is 470 g/mol. The predicted octanol–water partition coefficient (Wildman–Crippen LogP) is 0.263. The van der Waals surface area contributed by atoms with Gasteiger partial charge in [0.05, 0.1) is 26.9 Å². The number of ether oxygens (including phenoxy) is 3. The van der Waals surface area contributed by atoms with Crippen LogP contribution in [0.25, 0.3) is 0 Å². The monoisotopic (exact) mass is 470 g/mol. The third-order valence-corrected chi connectivity index (χ3v) is 5.33. The van der Waals surface area contributed by atoms with E-state index in [1.54, 1.807) is 17.7 Å². The van der Waals surface area contributed by atoms with Gasteiger partial charge in [0.2, 0.25) is 5.90 Å². The molecule has 0 bridgehead atoms. The Hall–Kier alpha value is -4.01. The summed E-state index contributed by atoms with van der Waals surface area (Å²) in [5.74, 6) is -0.818. The predicted molar refractivity (Wildman–Crippen MR) is 111 cm³/mol. The molecule has 15 heteroatoms. The average Bonchev–Trinajstić information content (AvgIpc) is 2.76. The molecule has 2 rings (SSSR count). The lowest BCUT2D eigenvalue weighted by Crippen LogP contribution is -2.53. The Bertz CT molecular complexity index is 1080. The molecule has 0 fully saturated rings. The van der Waals surface area contributed by atoms with Crippen LogP contribution in [0.4, 0.5) is 15.3 Å². The van der Waals surface area contributed by atoms with Gasteiger partial charge in [0.25, 0.3) is 10.0 Å². The fourth-order valence-corrected chi connectivity index (χ4v) is 3.57. The van der Waals surface area contributed by atoms with Crippen molar-refractivity contribution in [1.29, 1.82) is 0 Å². The highest BCUT2D eigenvalue weighted by atomic mass is 32.2. The second kappa shape index (κ2) is 9.86. The molecule has 0 aliphatic carbocycles. The van der Waals surface area contributed by atoms with E-state index >= 15 is 0 Å². The molecule has 3 amide bonds. The number of anilines is 1. The quantitative estimate of drug-likeness (QED) is 0.508. The molecule has 174 valence electrons. The van der Waals surface area contributed by atoms with Gasteiger partial charge in [0.15, 0.2) is 0 Å². The minimum Gasteiger partial charge on any atom is -0.480 e. The molecule has 0 aromatic heterocycles. The fourth-order valence-electron chi connectivity index (χ4n) is 2.45. The van der Waals surface area contributed by atoms with E-state index in [4.69, 9.17) is 4.74 Å². The Kier molecular flexibility index (Phi) is 7.48. The number of methoxy groups -OCH3 is 3. The van der Waals surface area contributed by atoms with Gasteiger partial charge in [0, 0.05) is 24.5 Å². The summed E-state index contributed by atoms with van der Waals surface area (Å²) in [6.07, 6.45) is 0.759. The number of carbonyl (C=O) groups excluding carboxylic acids is 3. The molecular formula is C17H22N6O8S. The summed E-state index contributed by atoms with van der Waals surface area (Å²) in [6.45, 7) is 1.66. The lowest BCUT2D eigenvalue weighted by molar-refractivity contribution is 0.0596. The van der Waals surface area contributed by atoms with E-state index in [1.807, 2.05) is 0 Å². The second-order valence-electron chi connectivity index (χ2n) is 6.14. The molecular weight excluding hydrogens is 448 g/mol. The molecule has 0 saturated carbocycles. The zero-order chi connectivity index (χ0) is 24.1. The van der Waals surface area contributed by atoms with Crippen molar-refractivity contribution in [3.05, 3.63) is 35.5 Å². The van der Waals surface area contributed by atoms with E-state index in [-0.39, 0.29) is 17.1 Å². The molecule has 1 aliphatic heterocycles. The second-order valence-corrected chi connectivity index (χ2v) is 7.79. The van der Waals surface area contributed by atoms with E-state index in [1.165, 1.54) is 20.2 Å². The summed E-state index contributed by atoms with van der Waals surface area (Å²) in [5, 5.41) is 4.69. The number of hydrazine groups is 2. The number of rotatable bonds is 5. The molecule has 32 heavy (non-hydrogen) atoms. The Morgan fingerprint density at radius 3 is 2.44 bits per heavy atom. The third-order valence-electron chi connectivity index (χ3n) is 3.96. The van der Waals surface area contributed by atoms with Crippen LogP contribution in [0.2, 0.25) is 0 Å². The van der Waals surface area contributed by atoms with Crippen molar-refractivity contribution in [2.75, 3.05) is 33.3 Å². The molecule has 3 N–H and O–H groups in total. The van der Waals surface area contributed by atoms with Crippen molar-refractivity contribution in [3.8, 4) is 0 Å². The topological polar surface area (TPSA) is 168 Å². The Morgan fingerprint density at radius 2 is 1.84 bits per heavy atom. The van der Waals surface area contributed by atoms with Crippen molar-refractivity contribution in [2.45, 2.75) is 11.8 Å². The number of esters is 1. The van der Waals surface area contributed by atoms with Crippen LogP contribution in [-0.4, -0.2) is 66.0 Å². The van der Waals surface area contributed by atoms with Gasteiger partial charge in [-0.1, -0.05) is 5.10 Å². The summed E-state index contributed by atoms with van der Waals surface area (Å²) >= 11 is 0. The zero-order valence-electron chi connectivity index (χ0n) is 17.8. The number of benzene rings is 1. The number of hydrogen-bond acceptors (Lipinski definition) is 11. The van der Waals surface area contributed by atoms with E-state index in [9.17, 15) is 22.8 Å². The maximum Gasteiger partial charge on any atom is 0.413 e. The van der Waals surface area contributed by atoms with Crippen molar-refractivity contribution < 1.29 is 37.0 Å². The molecule has 0 radical (unpaired) electrons. The number of hydrazone groups is 1. The number of amides is 3. The SMILES string of the molecule is COC(=O)c1ccc(N(C)C(=O)OC)cc1S(=O)(=O)NC(=O)NN1N=C(OC)C=C(C)N1. The summed E-state index contributed by atoms with van der Waals surface area (Å²) in [4.78, 5) is 36.6. The zero-order valence-corrected chi connectivity index (χ0v) is 18.6. The first-order valence-electron chi connectivity index (χ1n) is 8.77. The van der Waals surface area contributed by atoms with Crippen LogP contribution in [0.3, 0.4) is 0 Å². The van der Waals surface area contributed by atoms with Gasteiger partial charge in [-0.2, -0.15) is 0 Å². The summed E-state index contributed by atoms with van der Waals surface area (Å²) in [7, 11) is 0.302. The number of carbonyl (C=O) groups is 3. The third kappa shape index (κ3) is 5.57. The van der Waals surface area contributed by atoms with Crippen LogP contribution in [-0.2, 0) is 24.2 Å². The van der Waals surface area contributed by atoms with Crippen molar-refractivity contribution in [1.82, 2.24) is 20.8 Å². The van der Waals surface area contributed by atoms with Crippen molar-refractivity contribution >= 4 is 39.7 Å². The maximum atomic E-state index is 12.9. The summed E-state index contributed by atoms with van der Waals surface area (Å²) < 4.78 is 41.7. The van der Waals surface area contributed by atoms with Crippen molar-refractivity contribution in [2.24, 2.45) is 5.10 Å². The smallest absolute Gasteiger partial charge is 0.413 e. The molecule has 1 aromatic rings. The van der Waals surface area contributed by atoms with E-state index in [0.29, 0.717) is 5.70 Å². The highest BCUT2D eigenvalue weighted by Crippen LogP contribution is 2.24. The van der Waals surface area contributed by atoms with Gasteiger partial charge >= 0.3 is 18.1 Å². The highest BCUT2D eigenvalue weighted by Gasteiger charge is 2.28. The number of nitrogens with zero attached hydrogens (tertiary/aromatic N) is 3. The van der Waals surface area contributed by atoms with Gasteiger partial charge in [-0.05, 0) is 25.1 Å². The van der Waals surface area contributed by atoms with E-state index in [0.717, 1.165) is 36.5 Å². The number of urea groups is 1. The first-order valence-corrected chi connectivity index (χ1v) is 10.3. The molecule has 1 heterocycles. The molecule has 1 aliphatic rings. The molecule has 14 nitrogen and oxygen atoms in total. The number of hydrogen-bond donors (Lipinski definition) is 3. The number of allylic oxidation sites excluding steroid dienone is 1. The Balaban J connectivity index is 2.33. The lowest BCUT2D eigenvalue weighted by Gasteiger charge is -2.25. The van der Waals surface area contributed by atoms with Gasteiger partial charge < -0.3 is 14.2 Å². The molecule has 0 atom stereocenters. The number of sulfonamides is 1.